The van der Waals surface area contributed by atoms with E-state index in [1.54, 1.807) is 0 Å². The molecule has 0 radical (unpaired) electrons. The fourth-order valence-electron chi connectivity index (χ4n) is 1.13. The number of ether oxygens (including phenoxy) is 1. The molecule has 4 nitrogen and oxygen atoms in total. The number of hydrogen-bond donors (Lipinski definition) is 1. The highest BCUT2D eigenvalue weighted by Crippen LogP contribution is 2.27. The fourth-order valence-corrected chi connectivity index (χ4v) is 1.13. The summed E-state index contributed by atoms with van der Waals surface area (Å²) in [6.07, 6.45) is 2.03. The third kappa shape index (κ3) is 2.23. The van der Waals surface area contributed by atoms with Crippen LogP contribution in [-0.4, -0.2) is 24.0 Å². The average Bonchev–Trinajstić information content (AvgIpc) is 3.04. The van der Waals surface area contributed by atoms with Crippen molar-refractivity contribution in [1.29, 1.82) is 0 Å². The second-order valence-electron chi connectivity index (χ2n) is 3.38. The maximum atomic E-state index is 13.3. The van der Waals surface area contributed by atoms with E-state index in [9.17, 15) is 9.18 Å². The molecule has 5 heteroatoms. The van der Waals surface area contributed by atoms with Crippen LogP contribution in [-0.2, 0) is 0 Å². The topological polar surface area (TPSA) is 51.2 Å². The molecular weight excluding hydrogens is 199 g/mol. The van der Waals surface area contributed by atoms with Crippen LogP contribution in [0.3, 0.4) is 0 Å². The number of nitrogens with zero attached hydrogens (tertiary/aromatic N) is 1. The first kappa shape index (κ1) is 9.89. The van der Waals surface area contributed by atoms with Crippen LogP contribution in [0.15, 0.2) is 12.1 Å². The van der Waals surface area contributed by atoms with Gasteiger partial charge in [0.15, 0.2) is 5.75 Å². The van der Waals surface area contributed by atoms with Gasteiger partial charge in [0, 0.05) is 7.05 Å². The Hall–Kier alpha value is -1.65. The Morgan fingerprint density at radius 3 is 2.87 bits per heavy atom. The highest BCUT2D eigenvalue weighted by atomic mass is 19.1. The molecule has 1 amide bonds. The van der Waals surface area contributed by atoms with E-state index in [1.165, 1.54) is 19.2 Å². The first-order chi connectivity index (χ1) is 7.20. The summed E-state index contributed by atoms with van der Waals surface area (Å²) in [7, 11) is 1.47. The summed E-state index contributed by atoms with van der Waals surface area (Å²) in [5, 5.41) is 2.37. The summed E-state index contributed by atoms with van der Waals surface area (Å²) in [6, 6.07) is 2.88. The van der Waals surface area contributed by atoms with E-state index < -0.39 is 11.9 Å². The van der Waals surface area contributed by atoms with Crippen molar-refractivity contribution >= 4 is 5.91 Å². The van der Waals surface area contributed by atoms with Crippen molar-refractivity contribution in [3.05, 3.63) is 23.8 Å². The van der Waals surface area contributed by atoms with Gasteiger partial charge in [-0.3, -0.25) is 4.79 Å². The van der Waals surface area contributed by atoms with Crippen LogP contribution >= 0.6 is 0 Å². The lowest BCUT2D eigenvalue weighted by Gasteiger charge is -2.05. The van der Waals surface area contributed by atoms with Gasteiger partial charge in [0.05, 0.1) is 6.10 Å². The summed E-state index contributed by atoms with van der Waals surface area (Å²) in [5.41, 5.74) is 0.0538. The SMILES string of the molecule is CNC(=O)c1ccc(OC2CC2)c(F)n1. The van der Waals surface area contributed by atoms with Gasteiger partial charge in [-0.2, -0.15) is 4.39 Å². The average molecular weight is 210 g/mol. The van der Waals surface area contributed by atoms with Crippen LogP contribution in [0, 0.1) is 5.95 Å². The van der Waals surface area contributed by atoms with Crippen molar-refractivity contribution in [2.75, 3.05) is 7.05 Å². The van der Waals surface area contributed by atoms with Crippen molar-refractivity contribution in [3.8, 4) is 5.75 Å². The second kappa shape index (κ2) is 3.84. The zero-order chi connectivity index (χ0) is 10.8. The molecule has 0 atom stereocenters. The molecule has 1 aliphatic rings. The van der Waals surface area contributed by atoms with E-state index in [0.717, 1.165) is 12.8 Å². The standard InChI is InChI=1S/C10H11FN2O2/c1-12-10(14)7-4-5-8(9(11)13-7)15-6-2-3-6/h4-6H,2-3H2,1H3,(H,12,14). The predicted octanol–water partition coefficient (Wildman–Crippen LogP) is 1.12. The molecule has 1 heterocycles. The molecule has 0 aromatic carbocycles. The Balaban J connectivity index is 2.17. The number of carbonyl (C=O) groups is 1. The first-order valence-electron chi connectivity index (χ1n) is 4.76. The monoisotopic (exact) mass is 210 g/mol. The molecule has 1 N–H and O–H groups in total. The minimum atomic E-state index is -0.733. The largest absolute Gasteiger partial charge is 0.486 e. The number of rotatable bonds is 3. The van der Waals surface area contributed by atoms with E-state index >= 15 is 0 Å². The van der Waals surface area contributed by atoms with Crippen LogP contribution in [0.25, 0.3) is 0 Å². The van der Waals surface area contributed by atoms with Gasteiger partial charge in [0.2, 0.25) is 0 Å². The third-order valence-corrected chi connectivity index (χ3v) is 2.09. The molecule has 1 aliphatic carbocycles. The predicted molar refractivity (Wildman–Crippen MR) is 51.2 cm³/mol. The van der Waals surface area contributed by atoms with Crippen LogP contribution in [0.5, 0.6) is 5.75 Å². The van der Waals surface area contributed by atoms with Crippen LogP contribution in [0.2, 0.25) is 0 Å². The summed E-state index contributed by atoms with van der Waals surface area (Å²) >= 11 is 0. The number of amides is 1. The molecule has 0 saturated heterocycles. The van der Waals surface area contributed by atoms with E-state index in [2.05, 4.69) is 10.3 Å². The zero-order valence-electron chi connectivity index (χ0n) is 8.29. The number of nitrogens with one attached hydrogen (secondary N) is 1. The summed E-state index contributed by atoms with van der Waals surface area (Å²) in [6.45, 7) is 0. The second-order valence-corrected chi connectivity index (χ2v) is 3.38. The maximum Gasteiger partial charge on any atom is 0.269 e. The molecule has 1 aromatic rings. The lowest BCUT2D eigenvalue weighted by atomic mass is 10.3. The molecule has 2 rings (SSSR count). The normalized spacial score (nSPS) is 14.8. The van der Waals surface area contributed by atoms with Gasteiger partial charge in [0.1, 0.15) is 5.69 Å². The Labute approximate surface area is 86.5 Å². The van der Waals surface area contributed by atoms with Crippen molar-refractivity contribution < 1.29 is 13.9 Å². The highest BCUT2D eigenvalue weighted by Gasteiger charge is 2.25. The van der Waals surface area contributed by atoms with Crippen molar-refractivity contribution in [3.63, 3.8) is 0 Å². The van der Waals surface area contributed by atoms with Gasteiger partial charge >= 0.3 is 0 Å². The number of halogens is 1. The number of pyridine rings is 1. The summed E-state index contributed by atoms with van der Waals surface area (Å²) < 4.78 is 18.6. The molecule has 0 bridgehead atoms. The maximum absolute atomic E-state index is 13.3. The molecule has 1 aromatic heterocycles. The number of aromatic nitrogens is 1. The van der Waals surface area contributed by atoms with Crippen LogP contribution in [0.1, 0.15) is 23.3 Å². The molecule has 0 spiro atoms. The summed E-state index contributed by atoms with van der Waals surface area (Å²) in [4.78, 5) is 14.7. The van der Waals surface area contributed by atoms with Gasteiger partial charge < -0.3 is 10.1 Å². The molecule has 0 aliphatic heterocycles. The Morgan fingerprint density at radius 1 is 1.60 bits per heavy atom. The number of carbonyl (C=O) groups excluding carboxylic acids is 1. The summed E-state index contributed by atoms with van der Waals surface area (Å²) in [5.74, 6) is -1.03. The van der Waals surface area contributed by atoms with Gasteiger partial charge in [-0.05, 0) is 25.0 Å². The van der Waals surface area contributed by atoms with Crippen molar-refractivity contribution in [2.45, 2.75) is 18.9 Å². The minimum Gasteiger partial charge on any atom is -0.486 e. The Morgan fingerprint density at radius 2 is 2.33 bits per heavy atom. The van der Waals surface area contributed by atoms with Crippen LogP contribution < -0.4 is 10.1 Å². The third-order valence-electron chi connectivity index (χ3n) is 2.09. The van der Waals surface area contributed by atoms with E-state index in [1.807, 2.05) is 0 Å². The minimum absolute atomic E-state index is 0.0538. The molecule has 1 fully saturated rings. The smallest absolute Gasteiger partial charge is 0.269 e. The quantitative estimate of drug-likeness (QED) is 0.760. The lowest BCUT2D eigenvalue weighted by Crippen LogP contribution is -2.19. The fraction of sp³-hybridized carbons (Fsp3) is 0.400. The van der Waals surface area contributed by atoms with Gasteiger partial charge in [-0.25, -0.2) is 4.98 Å². The highest BCUT2D eigenvalue weighted by molar-refractivity contribution is 5.92. The van der Waals surface area contributed by atoms with E-state index in [0.29, 0.717) is 0 Å². The molecule has 15 heavy (non-hydrogen) atoms. The lowest BCUT2D eigenvalue weighted by molar-refractivity contribution is 0.0956. The zero-order valence-corrected chi connectivity index (χ0v) is 8.29. The Kier molecular flexibility index (Phi) is 2.53. The number of hydrogen-bond acceptors (Lipinski definition) is 3. The molecule has 80 valence electrons. The van der Waals surface area contributed by atoms with Gasteiger partial charge in [-0.1, -0.05) is 0 Å². The molecular formula is C10H11FN2O2. The van der Waals surface area contributed by atoms with Crippen LogP contribution in [0.4, 0.5) is 4.39 Å². The molecule has 0 unspecified atom stereocenters. The van der Waals surface area contributed by atoms with Crippen molar-refractivity contribution in [2.24, 2.45) is 0 Å². The van der Waals surface area contributed by atoms with E-state index in [-0.39, 0.29) is 17.5 Å². The first-order valence-corrected chi connectivity index (χ1v) is 4.76. The van der Waals surface area contributed by atoms with E-state index in [4.69, 9.17) is 4.74 Å². The Bertz CT molecular complexity index is 391. The molecule has 1 saturated carbocycles. The van der Waals surface area contributed by atoms with Gasteiger partial charge in [-0.15, -0.1) is 0 Å². The van der Waals surface area contributed by atoms with Gasteiger partial charge in [0.25, 0.3) is 11.9 Å². The van der Waals surface area contributed by atoms with Crippen molar-refractivity contribution in [1.82, 2.24) is 10.3 Å².